The topological polar surface area (TPSA) is 88.4 Å². The van der Waals surface area contributed by atoms with Crippen LogP contribution in [0.4, 0.5) is 5.69 Å². The van der Waals surface area contributed by atoms with Gasteiger partial charge in [-0.1, -0.05) is 17.7 Å². The average Bonchev–Trinajstić information content (AvgIpc) is 3.63. The van der Waals surface area contributed by atoms with E-state index in [2.05, 4.69) is 50.1 Å². The molecule has 1 N–H and O–H groups in total. The van der Waals surface area contributed by atoms with E-state index in [1.165, 1.54) is 5.56 Å². The molecule has 1 amide bonds. The number of halogens is 1. The largest absolute Gasteiger partial charge is 0.437 e. The highest BCUT2D eigenvalue weighted by atomic mass is 35.5. The van der Waals surface area contributed by atoms with Crippen molar-refractivity contribution in [3.63, 3.8) is 0 Å². The quantitative estimate of drug-likeness (QED) is 0.256. The van der Waals surface area contributed by atoms with Crippen molar-refractivity contribution in [2.75, 3.05) is 38.5 Å². The van der Waals surface area contributed by atoms with Gasteiger partial charge in [-0.05, 0) is 66.9 Å². The highest BCUT2D eigenvalue weighted by molar-refractivity contribution is 7.08. The number of nitrogens with one attached hydrogen (secondary N) is 1. The molecule has 1 aliphatic rings. The van der Waals surface area contributed by atoms with Gasteiger partial charge in [-0.3, -0.25) is 9.69 Å². The molecule has 41 heavy (non-hydrogen) atoms. The number of hydrogen-bond donors (Lipinski definition) is 1. The number of thiophene rings is 1. The van der Waals surface area contributed by atoms with Crippen LogP contribution in [-0.2, 0) is 13.6 Å². The third kappa shape index (κ3) is 5.96. The Kier molecular flexibility index (Phi) is 7.72. The third-order valence-corrected chi connectivity index (χ3v) is 8.31. The maximum Gasteiger partial charge on any atom is 0.257 e. The molecule has 4 heterocycles. The van der Waals surface area contributed by atoms with Gasteiger partial charge < -0.3 is 19.5 Å². The molecule has 0 bridgehead atoms. The summed E-state index contributed by atoms with van der Waals surface area (Å²) in [5, 5.41) is 7.26. The van der Waals surface area contributed by atoms with Crippen LogP contribution in [0.25, 0.3) is 22.6 Å². The van der Waals surface area contributed by atoms with Gasteiger partial charge in [0.15, 0.2) is 17.0 Å². The number of fused-ring (bicyclic) bond motifs is 1. The molecule has 9 nitrogen and oxygen atoms in total. The number of nitrogens with zero attached hydrogens (tertiary/aromatic N) is 6. The van der Waals surface area contributed by atoms with Crippen LogP contribution in [0.3, 0.4) is 0 Å². The lowest BCUT2D eigenvalue weighted by atomic mass is 10.1. The molecule has 0 aliphatic carbocycles. The third-order valence-electron chi connectivity index (χ3n) is 7.29. The van der Waals surface area contributed by atoms with Gasteiger partial charge in [-0.2, -0.15) is 16.3 Å². The monoisotopic (exact) mass is 587 g/mol. The van der Waals surface area contributed by atoms with E-state index in [4.69, 9.17) is 16.3 Å². The molecular weight excluding hydrogens is 558 g/mol. The van der Waals surface area contributed by atoms with E-state index in [0.717, 1.165) is 43.9 Å². The van der Waals surface area contributed by atoms with E-state index < -0.39 is 0 Å². The van der Waals surface area contributed by atoms with E-state index in [-0.39, 0.29) is 5.91 Å². The molecule has 0 saturated carbocycles. The van der Waals surface area contributed by atoms with Crippen molar-refractivity contribution in [1.29, 1.82) is 0 Å². The molecule has 11 heteroatoms. The first-order valence-electron chi connectivity index (χ1n) is 13.3. The predicted octanol–water partition coefficient (Wildman–Crippen LogP) is 5.85. The van der Waals surface area contributed by atoms with Crippen molar-refractivity contribution >= 4 is 45.7 Å². The predicted molar refractivity (Wildman–Crippen MR) is 163 cm³/mol. The van der Waals surface area contributed by atoms with Crippen molar-refractivity contribution in [3.05, 3.63) is 81.3 Å². The molecule has 0 radical (unpaired) electrons. The highest BCUT2D eigenvalue weighted by Gasteiger charge is 2.19. The Bertz CT molecular complexity index is 1710. The van der Waals surface area contributed by atoms with Crippen LogP contribution in [0, 0.1) is 6.92 Å². The van der Waals surface area contributed by atoms with Crippen molar-refractivity contribution in [2.45, 2.75) is 13.5 Å². The second-order valence-corrected chi connectivity index (χ2v) is 11.5. The summed E-state index contributed by atoms with van der Waals surface area (Å²) in [5.74, 6) is 0.934. The fourth-order valence-corrected chi connectivity index (χ4v) is 5.66. The Labute approximate surface area is 247 Å². The number of imidazole rings is 1. The molecule has 0 spiro atoms. The van der Waals surface area contributed by atoms with Gasteiger partial charge in [-0.25, -0.2) is 9.97 Å². The van der Waals surface area contributed by atoms with Crippen LogP contribution in [0.1, 0.15) is 21.5 Å². The maximum atomic E-state index is 13.3. The van der Waals surface area contributed by atoms with E-state index in [9.17, 15) is 4.79 Å². The number of aryl methyl sites for hydroxylation is 2. The van der Waals surface area contributed by atoms with Crippen molar-refractivity contribution in [2.24, 2.45) is 7.05 Å². The molecule has 1 aliphatic heterocycles. The summed E-state index contributed by atoms with van der Waals surface area (Å²) in [7, 11) is 4.03. The second-order valence-electron chi connectivity index (χ2n) is 10.3. The molecule has 1 saturated heterocycles. The van der Waals surface area contributed by atoms with E-state index in [0.29, 0.717) is 44.9 Å². The van der Waals surface area contributed by atoms with E-state index in [1.54, 1.807) is 35.9 Å². The van der Waals surface area contributed by atoms with Crippen LogP contribution in [0.5, 0.6) is 11.6 Å². The summed E-state index contributed by atoms with van der Waals surface area (Å²) in [4.78, 5) is 31.8. The Hall–Kier alpha value is -3.83. The number of hydrogen-bond acceptors (Lipinski definition) is 8. The molecule has 0 unspecified atom stereocenters. The minimum Gasteiger partial charge on any atom is -0.437 e. The SMILES string of the molecule is Cc1cc(NC(=O)c2cc(Oc3nc(-c4ccsc4)nc4c3ncn4C)ccc2Cl)ccc1CN1CCN(C)CC1. The van der Waals surface area contributed by atoms with E-state index >= 15 is 0 Å². The van der Waals surface area contributed by atoms with Crippen LogP contribution < -0.4 is 10.1 Å². The van der Waals surface area contributed by atoms with Gasteiger partial charge in [-0.15, -0.1) is 0 Å². The lowest BCUT2D eigenvalue weighted by molar-refractivity contribution is 0.102. The van der Waals surface area contributed by atoms with Gasteiger partial charge >= 0.3 is 0 Å². The summed E-state index contributed by atoms with van der Waals surface area (Å²) in [6.45, 7) is 7.25. The zero-order valence-electron chi connectivity index (χ0n) is 23.1. The summed E-state index contributed by atoms with van der Waals surface area (Å²) in [5.41, 5.74) is 5.47. The molecule has 5 aromatic rings. The Morgan fingerprint density at radius 2 is 1.90 bits per heavy atom. The first-order chi connectivity index (χ1) is 19.8. The summed E-state index contributed by atoms with van der Waals surface area (Å²) in [6, 6.07) is 13.0. The molecule has 0 atom stereocenters. The van der Waals surface area contributed by atoms with Crippen molar-refractivity contribution < 1.29 is 9.53 Å². The lowest BCUT2D eigenvalue weighted by Gasteiger charge is -2.32. The van der Waals surface area contributed by atoms with Gasteiger partial charge in [0.2, 0.25) is 0 Å². The number of ether oxygens (including phenoxy) is 1. The fourth-order valence-electron chi connectivity index (χ4n) is 4.82. The van der Waals surface area contributed by atoms with Crippen LogP contribution >= 0.6 is 22.9 Å². The number of piperazine rings is 1. The molecule has 6 rings (SSSR count). The minimum absolute atomic E-state index is 0.299. The highest BCUT2D eigenvalue weighted by Crippen LogP contribution is 2.32. The van der Waals surface area contributed by atoms with Crippen LogP contribution in [0.2, 0.25) is 5.02 Å². The van der Waals surface area contributed by atoms with Crippen molar-refractivity contribution in [3.8, 4) is 23.0 Å². The first kappa shape index (κ1) is 27.3. The number of rotatable bonds is 7. The number of anilines is 1. The molecule has 3 aromatic heterocycles. The second kappa shape index (κ2) is 11.6. The van der Waals surface area contributed by atoms with Crippen LogP contribution in [0.15, 0.2) is 59.6 Å². The maximum absolute atomic E-state index is 13.3. The van der Waals surface area contributed by atoms with Gasteiger partial charge in [0.25, 0.3) is 11.8 Å². The molecule has 2 aromatic carbocycles. The zero-order chi connectivity index (χ0) is 28.5. The fraction of sp³-hybridized carbons (Fsp3) is 0.267. The number of carbonyl (C=O) groups excluding carboxylic acids is 1. The molecular formula is C30H30ClN7O2S. The standard InChI is InChI=1S/C30H30ClN7O2S/c1-19-14-22(5-4-20(19)16-38-11-9-36(2)10-12-38)33-29(39)24-15-23(6-7-25(24)31)40-30-26-28(37(3)18-32-26)34-27(35-30)21-8-13-41-17-21/h4-8,13-15,17-18H,9-12,16H2,1-3H3,(H,33,39). The first-order valence-corrected chi connectivity index (χ1v) is 14.7. The number of amides is 1. The number of benzene rings is 2. The van der Waals surface area contributed by atoms with Gasteiger partial charge in [0.05, 0.1) is 16.9 Å². The average molecular weight is 588 g/mol. The minimum atomic E-state index is -0.323. The lowest BCUT2D eigenvalue weighted by Crippen LogP contribution is -2.43. The Morgan fingerprint density at radius 1 is 1.07 bits per heavy atom. The zero-order valence-corrected chi connectivity index (χ0v) is 24.7. The summed E-state index contributed by atoms with van der Waals surface area (Å²) >= 11 is 8.03. The normalized spacial score (nSPS) is 14.4. The van der Waals surface area contributed by atoms with Crippen LogP contribution in [-0.4, -0.2) is 68.5 Å². The van der Waals surface area contributed by atoms with E-state index in [1.807, 2.05) is 40.6 Å². The summed E-state index contributed by atoms with van der Waals surface area (Å²) in [6.07, 6.45) is 1.67. The van der Waals surface area contributed by atoms with Gasteiger partial charge in [0.1, 0.15) is 5.75 Å². The smallest absolute Gasteiger partial charge is 0.257 e. The Morgan fingerprint density at radius 3 is 2.66 bits per heavy atom. The Balaban J connectivity index is 1.21. The molecule has 210 valence electrons. The number of aromatic nitrogens is 4. The molecule has 1 fully saturated rings. The number of carbonyl (C=O) groups is 1. The number of likely N-dealkylation sites (N-methyl/N-ethyl adjacent to an activating group) is 1. The summed E-state index contributed by atoms with van der Waals surface area (Å²) < 4.78 is 8.00. The van der Waals surface area contributed by atoms with Crippen molar-refractivity contribution in [1.82, 2.24) is 29.3 Å². The van der Waals surface area contributed by atoms with Gasteiger partial charge in [0, 0.05) is 56.4 Å².